The second kappa shape index (κ2) is 8.24. The van der Waals surface area contributed by atoms with Crippen LogP contribution >= 0.6 is 0 Å². The molecule has 0 saturated carbocycles. The van der Waals surface area contributed by atoms with Crippen LogP contribution in [0.5, 0.6) is 0 Å². The Morgan fingerprint density at radius 3 is 2.48 bits per heavy atom. The van der Waals surface area contributed by atoms with Gasteiger partial charge in [0.25, 0.3) is 5.56 Å². The molecule has 2 aliphatic heterocycles. The third-order valence-corrected chi connectivity index (χ3v) is 5.61. The number of nitrogens with one attached hydrogen (secondary N) is 1. The highest BCUT2D eigenvalue weighted by Crippen LogP contribution is 2.20. The zero-order valence-electron chi connectivity index (χ0n) is 16.9. The van der Waals surface area contributed by atoms with E-state index in [4.69, 9.17) is 4.74 Å². The molecular formula is C19H27N7O3. The number of nitrogens with zero attached hydrogens (tertiary/aromatic N) is 6. The van der Waals surface area contributed by atoms with Gasteiger partial charge in [-0.25, -0.2) is 9.78 Å². The molecule has 0 atom stereocenters. The monoisotopic (exact) mass is 401 g/mol. The zero-order chi connectivity index (χ0) is 20.4. The van der Waals surface area contributed by atoms with Crippen LogP contribution in [0.25, 0.3) is 0 Å². The average Bonchev–Trinajstić information content (AvgIpc) is 2.76. The van der Waals surface area contributed by atoms with Gasteiger partial charge < -0.3 is 19.9 Å². The Bertz CT molecular complexity index is 972. The largest absolute Gasteiger partial charge is 0.378 e. The second-order valence-corrected chi connectivity index (χ2v) is 7.49. The lowest BCUT2D eigenvalue weighted by atomic mass is 10.1. The van der Waals surface area contributed by atoms with E-state index in [1.165, 1.54) is 17.7 Å². The molecule has 4 rings (SSSR count). The van der Waals surface area contributed by atoms with Crippen molar-refractivity contribution in [2.45, 2.75) is 18.9 Å². The lowest BCUT2D eigenvalue weighted by Gasteiger charge is -2.34. The molecule has 1 N–H and O–H groups in total. The molecule has 10 nitrogen and oxygen atoms in total. The van der Waals surface area contributed by atoms with E-state index in [-0.39, 0.29) is 17.3 Å². The van der Waals surface area contributed by atoms with Crippen molar-refractivity contribution in [3.8, 4) is 0 Å². The summed E-state index contributed by atoms with van der Waals surface area (Å²) in [5, 5.41) is 3.51. The minimum absolute atomic E-state index is 0.278. The number of aromatic nitrogens is 4. The Labute approximate surface area is 168 Å². The van der Waals surface area contributed by atoms with E-state index >= 15 is 0 Å². The number of piperidine rings is 1. The van der Waals surface area contributed by atoms with Gasteiger partial charge in [0.1, 0.15) is 11.6 Å². The summed E-state index contributed by atoms with van der Waals surface area (Å²) in [6, 6.07) is 3.71. The highest BCUT2D eigenvalue weighted by Gasteiger charge is 2.22. The summed E-state index contributed by atoms with van der Waals surface area (Å²) < 4.78 is 8.05. The third kappa shape index (κ3) is 4.12. The number of ether oxygens (including phenoxy) is 1. The number of anilines is 3. The number of rotatable bonds is 4. The fourth-order valence-corrected chi connectivity index (χ4v) is 3.83. The molecule has 0 spiro atoms. The molecule has 2 aromatic rings. The van der Waals surface area contributed by atoms with E-state index in [1.807, 2.05) is 6.07 Å². The van der Waals surface area contributed by atoms with Crippen molar-refractivity contribution >= 4 is 17.6 Å². The highest BCUT2D eigenvalue weighted by molar-refractivity contribution is 5.43. The van der Waals surface area contributed by atoms with Crippen molar-refractivity contribution in [1.82, 2.24) is 19.1 Å². The van der Waals surface area contributed by atoms with E-state index in [9.17, 15) is 9.59 Å². The van der Waals surface area contributed by atoms with E-state index in [2.05, 4.69) is 25.1 Å². The van der Waals surface area contributed by atoms with Crippen LogP contribution in [0.2, 0.25) is 0 Å². The van der Waals surface area contributed by atoms with Crippen molar-refractivity contribution in [2.24, 2.45) is 14.1 Å². The normalized spacial score (nSPS) is 18.1. The Kier molecular flexibility index (Phi) is 5.52. The van der Waals surface area contributed by atoms with Gasteiger partial charge in [-0.05, 0) is 18.9 Å². The van der Waals surface area contributed by atoms with Gasteiger partial charge in [0.05, 0.1) is 13.2 Å². The fraction of sp³-hybridized carbons (Fsp3) is 0.579. The maximum Gasteiger partial charge on any atom is 0.332 e. The highest BCUT2D eigenvalue weighted by atomic mass is 16.5. The fourth-order valence-electron chi connectivity index (χ4n) is 3.83. The Morgan fingerprint density at radius 1 is 1.03 bits per heavy atom. The zero-order valence-corrected chi connectivity index (χ0v) is 16.9. The Balaban J connectivity index is 1.40. The lowest BCUT2D eigenvalue weighted by molar-refractivity contribution is 0.122. The molecule has 29 heavy (non-hydrogen) atoms. The molecule has 0 radical (unpaired) electrons. The van der Waals surface area contributed by atoms with Gasteiger partial charge in [-0.15, -0.1) is 0 Å². The van der Waals surface area contributed by atoms with Crippen LogP contribution in [0.3, 0.4) is 0 Å². The predicted molar refractivity (Wildman–Crippen MR) is 111 cm³/mol. The first-order valence-electron chi connectivity index (χ1n) is 9.97. The second-order valence-electron chi connectivity index (χ2n) is 7.49. The molecule has 0 bridgehead atoms. The van der Waals surface area contributed by atoms with Gasteiger partial charge in [-0.3, -0.25) is 13.9 Å². The van der Waals surface area contributed by atoms with Gasteiger partial charge in [0, 0.05) is 58.6 Å². The SMILES string of the molecule is Cn1c(N2CCC(Nc3ccnc(N4CCOCC4)n3)CC2)cc(=O)n(C)c1=O. The molecule has 4 heterocycles. The molecule has 0 aliphatic carbocycles. The quantitative estimate of drug-likeness (QED) is 0.752. The minimum Gasteiger partial charge on any atom is -0.378 e. The summed E-state index contributed by atoms with van der Waals surface area (Å²) >= 11 is 0. The average molecular weight is 401 g/mol. The van der Waals surface area contributed by atoms with Crippen molar-refractivity contribution in [3.05, 3.63) is 39.2 Å². The topological polar surface area (TPSA) is 97.5 Å². The number of hydrogen-bond acceptors (Lipinski definition) is 8. The van der Waals surface area contributed by atoms with Crippen LogP contribution in [0.1, 0.15) is 12.8 Å². The van der Waals surface area contributed by atoms with E-state index < -0.39 is 0 Å². The molecule has 10 heteroatoms. The van der Waals surface area contributed by atoms with Gasteiger partial charge in [-0.2, -0.15) is 4.98 Å². The van der Waals surface area contributed by atoms with Gasteiger partial charge in [0.15, 0.2) is 0 Å². The Morgan fingerprint density at radius 2 is 1.76 bits per heavy atom. The van der Waals surface area contributed by atoms with Crippen LogP contribution in [0.15, 0.2) is 27.9 Å². The molecule has 0 amide bonds. The van der Waals surface area contributed by atoms with E-state index in [0.29, 0.717) is 19.0 Å². The minimum atomic E-state index is -0.302. The number of hydrogen-bond donors (Lipinski definition) is 1. The first-order chi connectivity index (χ1) is 14.0. The van der Waals surface area contributed by atoms with Crippen molar-refractivity contribution in [1.29, 1.82) is 0 Å². The van der Waals surface area contributed by atoms with E-state index in [0.717, 1.165) is 55.4 Å². The van der Waals surface area contributed by atoms with Crippen molar-refractivity contribution in [3.63, 3.8) is 0 Å². The molecule has 156 valence electrons. The van der Waals surface area contributed by atoms with Crippen LogP contribution in [-0.2, 0) is 18.8 Å². The predicted octanol–water partition coefficient (Wildman–Crippen LogP) is -0.208. The van der Waals surface area contributed by atoms with E-state index in [1.54, 1.807) is 13.2 Å². The summed E-state index contributed by atoms with van der Waals surface area (Å²) in [4.78, 5) is 37.5. The molecule has 2 fully saturated rings. The summed E-state index contributed by atoms with van der Waals surface area (Å²) in [5.41, 5.74) is -0.579. The smallest absolute Gasteiger partial charge is 0.332 e. The molecule has 0 unspecified atom stereocenters. The van der Waals surface area contributed by atoms with Crippen molar-refractivity contribution < 1.29 is 4.74 Å². The van der Waals surface area contributed by atoms with Crippen LogP contribution < -0.4 is 26.4 Å². The van der Waals surface area contributed by atoms with Crippen LogP contribution in [-0.4, -0.2) is 64.5 Å². The van der Waals surface area contributed by atoms with Gasteiger partial charge in [0.2, 0.25) is 5.95 Å². The van der Waals surface area contributed by atoms with Gasteiger partial charge in [-0.1, -0.05) is 0 Å². The standard InChI is InChI=1S/C19H27N7O3/c1-23-16(13-17(27)24(2)19(23)28)25-7-4-14(5-8-25)21-15-3-6-20-18(22-15)26-9-11-29-12-10-26/h3,6,13-14H,4-5,7-12H2,1-2H3,(H,20,21,22). The molecule has 2 aromatic heterocycles. The molecule has 2 saturated heterocycles. The number of morpholine rings is 1. The summed E-state index contributed by atoms with van der Waals surface area (Å²) in [6.07, 6.45) is 3.56. The maximum atomic E-state index is 12.2. The third-order valence-electron chi connectivity index (χ3n) is 5.61. The first-order valence-corrected chi connectivity index (χ1v) is 9.97. The summed E-state index contributed by atoms with van der Waals surface area (Å²) in [6.45, 7) is 4.53. The molecule has 0 aromatic carbocycles. The first kappa shape index (κ1) is 19.4. The molecule has 2 aliphatic rings. The summed E-state index contributed by atoms with van der Waals surface area (Å²) in [7, 11) is 3.20. The summed E-state index contributed by atoms with van der Waals surface area (Å²) in [5.74, 6) is 2.22. The Hall–Kier alpha value is -2.88. The van der Waals surface area contributed by atoms with Gasteiger partial charge >= 0.3 is 5.69 Å². The maximum absolute atomic E-state index is 12.2. The van der Waals surface area contributed by atoms with Crippen LogP contribution in [0, 0.1) is 0 Å². The lowest BCUT2D eigenvalue weighted by Crippen LogP contribution is -2.44. The molecular weight excluding hydrogens is 374 g/mol. The van der Waals surface area contributed by atoms with Crippen LogP contribution in [0.4, 0.5) is 17.6 Å². The van der Waals surface area contributed by atoms with Crippen molar-refractivity contribution in [2.75, 3.05) is 54.5 Å².